The van der Waals surface area contributed by atoms with Crippen LogP contribution in [0.2, 0.25) is 0 Å². The molecule has 5 heteroatoms. The molecule has 0 spiro atoms. The van der Waals surface area contributed by atoms with Crippen molar-refractivity contribution in [3.8, 4) is 0 Å². The average Bonchev–Trinajstić information content (AvgIpc) is 2.87. The third-order valence-corrected chi connectivity index (χ3v) is 3.56. The minimum Gasteiger partial charge on any atom is -0.481 e. The van der Waals surface area contributed by atoms with Gasteiger partial charge in [-0.25, -0.2) is 4.98 Å². The topological polar surface area (TPSA) is 53.4 Å². The highest BCUT2D eigenvalue weighted by molar-refractivity contribution is 7.09. The summed E-state index contributed by atoms with van der Waals surface area (Å²) < 4.78 is 0. The SMILES string of the molecule is O=C(O)CC(c1nccs1)N1CCCC1. The van der Waals surface area contributed by atoms with Crippen LogP contribution >= 0.6 is 11.3 Å². The van der Waals surface area contributed by atoms with Crippen LogP contribution in [0.25, 0.3) is 0 Å². The summed E-state index contributed by atoms with van der Waals surface area (Å²) in [5.41, 5.74) is 0. The van der Waals surface area contributed by atoms with E-state index >= 15 is 0 Å². The summed E-state index contributed by atoms with van der Waals surface area (Å²) in [7, 11) is 0. The zero-order chi connectivity index (χ0) is 10.7. The van der Waals surface area contributed by atoms with Crippen LogP contribution in [-0.4, -0.2) is 34.0 Å². The lowest BCUT2D eigenvalue weighted by molar-refractivity contribution is -0.138. The molecule has 1 unspecified atom stereocenters. The van der Waals surface area contributed by atoms with E-state index in [-0.39, 0.29) is 12.5 Å². The van der Waals surface area contributed by atoms with Crippen LogP contribution in [0.5, 0.6) is 0 Å². The monoisotopic (exact) mass is 226 g/mol. The fourth-order valence-electron chi connectivity index (χ4n) is 1.99. The van der Waals surface area contributed by atoms with Crippen molar-refractivity contribution in [2.75, 3.05) is 13.1 Å². The van der Waals surface area contributed by atoms with E-state index in [2.05, 4.69) is 9.88 Å². The number of carboxylic acid groups (broad SMARTS) is 1. The maximum absolute atomic E-state index is 10.8. The molecular weight excluding hydrogens is 212 g/mol. The number of aromatic nitrogens is 1. The van der Waals surface area contributed by atoms with Gasteiger partial charge in [0.2, 0.25) is 0 Å². The molecule has 1 aromatic rings. The van der Waals surface area contributed by atoms with E-state index in [1.807, 2.05) is 5.38 Å². The lowest BCUT2D eigenvalue weighted by Gasteiger charge is -2.23. The van der Waals surface area contributed by atoms with Gasteiger partial charge < -0.3 is 5.11 Å². The van der Waals surface area contributed by atoms with Gasteiger partial charge >= 0.3 is 5.97 Å². The highest BCUT2D eigenvalue weighted by atomic mass is 32.1. The summed E-state index contributed by atoms with van der Waals surface area (Å²) in [6, 6.07) is -0.0231. The van der Waals surface area contributed by atoms with Crippen molar-refractivity contribution in [1.82, 2.24) is 9.88 Å². The van der Waals surface area contributed by atoms with Gasteiger partial charge in [0.05, 0.1) is 12.5 Å². The Kier molecular flexibility index (Phi) is 3.33. The molecule has 0 aromatic carbocycles. The number of hydrogen-bond acceptors (Lipinski definition) is 4. The first kappa shape index (κ1) is 10.6. The lowest BCUT2D eigenvalue weighted by atomic mass is 10.2. The molecule has 1 saturated heterocycles. The fraction of sp³-hybridized carbons (Fsp3) is 0.600. The molecule has 2 rings (SSSR count). The first-order chi connectivity index (χ1) is 7.27. The summed E-state index contributed by atoms with van der Waals surface area (Å²) >= 11 is 1.54. The van der Waals surface area contributed by atoms with Gasteiger partial charge in [0.25, 0.3) is 0 Å². The van der Waals surface area contributed by atoms with Crippen LogP contribution in [0.4, 0.5) is 0 Å². The van der Waals surface area contributed by atoms with Crippen molar-refractivity contribution >= 4 is 17.3 Å². The fourth-order valence-corrected chi connectivity index (χ4v) is 2.76. The Bertz CT molecular complexity index is 320. The van der Waals surface area contributed by atoms with Crippen molar-refractivity contribution in [3.63, 3.8) is 0 Å². The zero-order valence-electron chi connectivity index (χ0n) is 8.43. The van der Waals surface area contributed by atoms with Crippen molar-refractivity contribution < 1.29 is 9.90 Å². The molecule has 4 nitrogen and oxygen atoms in total. The number of aliphatic carboxylic acids is 1. The molecule has 0 bridgehead atoms. The van der Waals surface area contributed by atoms with Crippen molar-refractivity contribution in [3.05, 3.63) is 16.6 Å². The van der Waals surface area contributed by atoms with Gasteiger partial charge in [0.1, 0.15) is 5.01 Å². The Balaban J connectivity index is 2.12. The van der Waals surface area contributed by atoms with E-state index in [1.165, 1.54) is 12.8 Å². The Morgan fingerprint density at radius 3 is 2.87 bits per heavy atom. The normalized spacial score (nSPS) is 19.2. The summed E-state index contributed by atoms with van der Waals surface area (Å²) in [6.07, 6.45) is 4.24. The molecule has 0 saturated carbocycles. The van der Waals surface area contributed by atoms with Crippen molar-refractivity contribution in [1.29, 1.82) is 0 Å². The lowest BCUT2D eigenvalue weighted by Crippen LogP contribution is -2.27. The third kappa shape index (κ3) is 2.54. The van der Waals surface area contributed by atoms with Crippen LogP contribution in [0.1, 0.15) is 30.3 Å². The predicted molar refractivity (Wildman–Crippen MR) is 57.9 cm³/mol. The third-order valence-electron chi connectivity index (χ3n) is 2.69. The van der Waals surface area contributed by atoms with Gasteiger partial charge in [0.15, 0.2) is 0 Å². The van der Waals surface area contributed by atoms with Crippen molar-refractivity contribution in [2.45, 2.75) is 25.3 Å². The quantitative estimate of drug-likeness (QED) is 0.850. The van der Waals surface area contributed by atoms with Crippen LogP contribution in [0.15, 0.2) is 11.6 Å². The minimum absolute atomic E-state index is 0.0231. The van der Waals surface area contributed by atoms with E-state index < -0.39 is 5.97 Å². The van der Waals surface area contributed by atoms with Gasteiger partial charge in [-0.1, -0.05) is 0 Å². The Morgan fingerprint density at radius 1 is 1.60 bits per heavy atom. The smallest absolute Gasteiger partial charge is 0.305 e. The number of carboxylic acids is 1. The molecule has 1 aromatic heterocycles. The summed E-state index contributed by atoms with van der Waals surface area (Å²) in [6.45, 7) is 2.00. The molecule has 1 fully saturated rings. The number of nitrogens with zero attached hydrogens (tertiary/aromatic N) is 2. The predicted octanol–water partition coefficient (Wildman–Crippen LogP) is 1.75. The standard InChI is InChI=1S/C10H14N2O2S/c13-9(14)7-8(10-11-3-6-15-10)12-4-1-2-5-12/h3,6,8H,1-2,4-5,7H2,(H,13,14). The molecule has 2 heterocycles. The minimum atomic E-state index is -0.748. The van der Waals surface area contributed by atoms with E-state index in [9.17, 15) is 4.79 Å². The largest absolute Gasteiger partial charge is 0.481 e. The number of rotatable bonds is 4. The van der Waals surface area contributed by atoms with Gasteiger partial charge in [-0.05, 0) is 25.9 Å². The number of carbonyl (C=O) groups is 1. The van der Waals surface area contributed by atoms with E-state index in [0.717, 1.165) is 18.1 Å². The Morgan fingerprint density at radius 2 is 2.33 bits per heavy atom. The number of hydrogen-bond donors (Lipinski definition) is 1. The van der Waals surface area contributed by atoms with Gasteiger partial charge in [-0.2, -0.15) is 0 Å². The summed E-state index contributed by atoms with van der Waals surface area (Å²) in [5, 5.41) is 11.7. The first-order valence-electron chi connectivity index (χ1n) is 5.12. The van der Waals surface area contributed by atoms with E-state index in [0.29, 0.717) is 0 Å². The second kappa shape index (κ2) is 4.72. The van der Waals surface area contributed by atoms with Crippen LogP contribution in [0.3, 0.4) is 0 Å². The molecule has 1 aliphatic heterocycles. The van der Waals surface area contributed by atoms with Gasteiger partial charge in [0, 0.05) is 11.6 Å². The van der Waals surface area contributed by atoms with E-state index in [1.54, 1.807) is 17.5 Å². The molecule has 0 amide bonds. The van der Waals surface area contributed by atoms with Crippen LogP contribution in [0, 0.1) is 0 Å². The average molecular weight is 226 g/mol. The maximum atomic E-state index is 10.8. The number of thiazole rings is 1. The Hall–Kier alpha value is -0.940. The molecule has 1 N–H and O–H groups in total. The highest BCUT2D eigenvalue weighted by Crippen LogP contribution is 2.29. The number of likely N-dealkylation sites (tertiary alicyclic amines) is 1. The molecular formula is C10H14N2O2S. The van der Waals surface area contributed by atoms with Gasteiger partial charge in [-0.3, -0.25) is 9.69 Å². The molecule has 0 aliphatic carbocycles. The highest BCUT2D eigenvalue weighted by Gasteiger charge is 2.27. The molecule has 1 atom stereocenters. The van der Waals surface area contributed by atoms with E-state index in [4.69, 9.17) is 5.11 Å². The second-order valence-electron chi connectivity index (χ2n) is 3.73. The van der Waals surface area contributed by atoms with Crippen molar-refractivity contribution in [2.24, 2.45) is 0 Å². The molecule has 82 valence electrons. The second-order valence-corrected chi connectivity index (χ2v) is 4.65. The summed E-state index contributed by atoms with van der Waals surface area (Å²) in [5.74, 6) is -0.748. The Labute approximate surface area is 92.6 Å². The van der Waals surface area contributed by atoms with Gasteiger partial charge in [-0.15, -0.1) is 11.3 Å². The molecule has 0 radical (unpaired) electrons. The first-order valence-corrected chi connectivity index (χ1v) is 6.00. The zero-order valence-corrected chi connectivity index (χ0v) is 9.24. The van der Waals surface area contributed by atoms with Crippen LogP contribution < -0.4 is 0 Å². The molecule has 1 aliphatic rings. The van der Waals surface area contributed by atoms with Crippen LogP contribution in [-0.2, 0) is 4.79 Å². The maximum Gasteiger partial charge on any atom is 0.305 e. The summed E-state index contributed by atoms with van der Waals surface area (Å²) in [4.78, 5) is 17.3. The molecule has 15 heavy (non-hydrogen) atoms.